The number of amides is 1. The molecule has 2 heterocycles. The molecule has 86 valence electrons. The molecular weight excluding hydrogens is 272 g/mol. The van der Waals surface area contributed by atoms with E-state index in [0.717, 1.165) is 10.2 Å². The van der Waals surface area contributed by atoms with Gasteiger partial charge in [-0.05, 0) is 24.6 Å². The predicted molar refractivity (Wildman–Crippen MR) is 76.9 cm³/mol. The number of anilines is 1. The molecule has 0 bridgehead atoms. The fraction of sp³-hybridized carbons (Fsp3) is 0.182. The number of rotatable bonds is 1. The molecule has 3 rings (SSSR count). The first-order valence-electron chi connectivity index (χ1n) is 5.02. The lowest BCUT2D eigenvalue weighted by Gasteiger charge is -2.09. The molecule has 0 saturated carbocycles. The molecular formula is C11H8N2OS3. The third-order valence-corrected chi connectivity index (χ3v) is 4.84. The minimum absolute atomic E-state index is 0.0239. The Balaban J connectivity index is 2.12. The van der Waals surface area contributed by atoms with Crippen molar-refractivity contribution in [3.8, 4) is 0 Å². The first-order valence-corrected chi connectivity index (χ1v) is 7.23. The Morgan fingerprint density at radius 3 is 3.00 bits per heavy atom. The first-order chi connectivity index (χ1) is 8.15. The van der Waals surface area contributed by atoms with E-state index in [1.54, 1.807) is 4.90 Å². The van der Waals surface area contributed by atoms with Gasteiger partial charge in [0.2, 0.25) is 5.91 Å². The zero-order valence-electron chi connectivity index (χ0n) is 8.97. The van der Waals surface area contributed by atoms with Crippen LogP contribution in [-0.4, -0.2) is 21.0 Å². The van der Waals surface area contributed by atoms with E-state index < -0.39 is 0 Å². The molecule has 0 spiro atoms. The van der Waals surface area contributed by atoms with Crippen molar-refractivity contribution in [2.24, 2.45) is 0 Å². The Morgan fingerprint density at radius 1 is 1.47 bits per heavy atom. The lowest BCUT2D eigenvalue weighted by atomic mass is 10.2. The summed E-state index contributed by atoms with van der Waals surface area (Å²) in [6.07, 6.45) is 0. The summed E-state index contributed by atoms with van der Waals surface area (Å²) in [6.45, 7) is 2.04. The number of nitrogens with zero attached hydrogens (tertiary/aromatic N) is 2. The van der Waals surface area contributed by atoms with Crippen molar-refractivity contribution in [2.45, 2.75) is 6.92 Å². The van der Waals surface area contributed by atoms with Crippen molar-refractivity contribution in [1.29, 1.82) is 0 Å². The molecule has 0 aliphatic carbocycles. The van der Waals surface area contributed by atoms with Crippen LogP contribution in [-0.2, 0) is 4.79 Å². The van der Waals surface area contributed by atoms with Gasteiger partial charge in [0.1, 0.15) is 4.32 Å². The predicted octanol–water partition coefficient (Wildman–Crippen LogP) is 2.97. The molecule has 1 aliphatic rings. The average molecular weight is 280 g/mol. The fourth-order valence-corrected chi connectivity index (χ4v) is 3.92. The molecule has 0 N–H and O–H groups in total. The number of hydrogen-bond donors (Lipinski definition) is 0. The maximum atomic E-state index is 11.7. The average Bonchev–Trinajstić information content (AvgIpc) is 2.81. The van der Waals surface area contributed by atoms with E-state index in [1.807, 2.05) is 19.1 Å². The summed E-state index contributed by atoms with van der Waals surface area (Å²) in [4.78, 5) is 17.7. The number of fused-ring (bicyclic) bond motifs is 1. The van der Waals surface area contributed by atoms with Crippen molar-refractivity contribution in [3.63, 3.8) is 0 Å². The lowest BCUT2D eigenvalue weighted by Crippen LogP contribution is -2.27. The van der Waals surface area contributed by atoms with Crippen molar-refractivity contribution >= 4 is 60.9 Å². The van der Waals surface area contributed by atoms with Gasteiger partial charge in [0.05, 0.1) is 16.0 Å². The molecule has 1 aromatic carbocycles. The zero-order chi connectivity index (χ0) is 12.0. The number of thiazole rings is 1. The Bertz CT molecular complexity index is 619. The van der Waals surface area contributed by atoms with Gasteiger partial charge in [-0.2, -0.15) is 0 Å². The summed E-state index contributed by atoms with van der Waals surface area (Å²) in [5.41, 5.74) is 2.11. The summed E-state index contributed by atoms with van der Waals surface area (Å²) in [5, 5.41) is 0.686. The third kappa shape index (κ3) is 1.86. The molecule has 1 aromatic heterocycles. The molecule has 0 radical (unpaired) electrons. The number of carbonyl (C=O) groups is 1. The second kappa shape index (κ2) is 4.04. The number of carbonyl (C=O) groups excluding carboxylic acids is 1. The Hall–Kier alpha value is -0.980. The Labute approximate surface area is 112 Å². The molecule has 17 heavy (non-hydrogen) atoms. The summed E-state index contributed by atoms with van der Waals surface area (Å²) in [7, 11) is 0. The SMILES string of the molecule is Cc1ccc2nc(N3C(=O)CSC3=S)sc2c1. The van der Waals surface area contributed by atoms with Gasteiger partial charge in [0.15, 0.2) is 5.13 Å². The van der Waals surface area contributed by atoms with Gasteiger partial charge >= 0.3 is 0 Å². The topological polar surface area (TPSA) is 33.2 Å². The number of aryl methyl sites for hydroxylation is 1. The van der Waals surface area contributed by atoms with Crippen LogP contribution in [0.1, 0.15) is 5.56 Å². The van der Waals surface area contributed by atoms with E-state index in [0.29, 0.717) is 15.2 Å². The Kier molecular flexibility index (Phi) is 2.65. The van der Waals surface area contributed by atoms with Gasteiger partial charge in [0.25, 0.3) is 0 Å². The maximum Gasteiger partial charge on any atom is 0.244 e. The van der Waals surface area contributed by atoms with Crippen LogP contribution in [0.15, 0.2) is 18.2 Å². The van der Waals surface area contributed by atoms with Gasteiger partial charge in [-0.25, -0.2) is 9.88 Å². The van der Waals surface area contributed by atoms with Gasteiger partial charge in [0, 0.05) is 0 Å². The van der Waals surface area contributed by atoms with Crippen LogP contribution < -0.4 is 4.90 Å². The highest BCUT2D eigenvalue weighted by molar-refractivity contribution is 8.24. The van der Waals surface area contributed by atoms with Crippen LogP contribution in [0.4, 0.5) is 5.13 Å². The molecule has 1 saturated heterocycles. The number of benzene rings is 1. The molecule has 6 heteroatoms. The van der Waals surface area contributed by atoms with E-state index in [1.165, 1.54) is 28.7 Å². The molecule has 1 amide bonds. The van der Waals surface area contributed by atoms with Crippen LogP contribution in [0, 0.1) is 6.92 Å². The second-order valence-corrected chi connectivity index (χ2v) is 6.37. The number of aromatic nitrogens is 1. The van der Waals surface area contributed by atoms with Gasteiger partial charge in [-0.3, -0.25) is 4.79 Å². The second-order valence-electron chi connectivity index (χ2n) is 3.75. The Morgan fingerprint density at radius 2 is 2.29 bits per heavy atom. The largest absolute Gasteiger partial charge is 0.273 e. The van der Waals surface area contributed by atoms with Crippen LogP contribution in [0.3, 0.4) is 0 Å². The quantitative estimate of drug-likeness (QED) is 0.752. The minimum atomic E-state index is 0.0239. The lowest BCUT2D eigenvalue weighted by molar-refractivity contribution is -0.115. The summed E-state index contributed by atoms with van der Waals surface area (Å²) in [6, 6.07) is 6.07. The molecule has 1 aliphatic heterocycles. The van der Waals surface area contributed by atoms with E-state index in [-0.39, 0.29) is 5.91 Å². The van der Waals surface area contributed by atoms with Crippen LogP contribution in [0.2, 0.25) is 0 Å². The summed E-state index contributed by atoms with van der Waals surface area (Å²) in [5.74, 6) is 0.448. The third-order valence-electron chi connectivity index (χ3n) is 2.48. The van der Waals surface area contributed by atoms with Crippen molar-refractivity contribution in [2.75, 3.05) is 10.7 Å². The molecule has 3 nitrogen and oxygen atoms in total. The maximum absolute atomic E-state index is 11.7. The number of thiocarbonyl (C=S) groups is 1. The highest BCUT2D eigenvalue weighted by atomic mass is 32.2. The van der Waals surface area contributed by atoms with Crippen molar-refractivity contribution in [1.82, 2.24) is 4.98 Å². The molecule has 0 unspecified atom stereocenters. The number of hydrogen-bond acceptors (Lipinski definition) is 5. The van der Waals surface area contributed by atoms with Crippen LogP contribution in [0.5, 0.6) is 0 Å². The summed E-state index contributed by atoms with van der Waals surface area (Å²) >= 11 is 8.07. The van der Waals surface area contributed by atoms with Crippen molar-refractivity contribution in [3.05, 3.63) is 23.8 Å². The highest BCUT2D eigenvalue weighted by Gasteiger charge is 2.30. The van der Waals surface area contributed by atoms with E-state index >= 15 is 0 Å². The molecule has 2 aromatic rings. The number of thioether (sulfide) groups is 1. The fourth-order valence-electron chi connectivity index (χ4n) is 1.65. The van der Waals surface area contributed by atoms with Gasteiger partial charge in [-0.15, -0.1) is 0 Å². The monoisotopic (exact) mass is 280 g/mol. The van der Waals surface area contributed by atoms with Crippen LogP contribution in [0.25, 0.3) is 10.2 Å². The zero-order valence-corrected chi connectivity index (χ0v) is 11.4. The van der Waals surface area contributed by atoms with E-state index in [2.05, 4.69) is 11.1 Å². The normalized spacial score (nSPS) is 16.2. The smallest absolute Gasteiger partial charge is 0.244 e. The first kappa shape index (κ1) is 11.1. The summed E-state index contributed by atoms with van der Waals surface area (Å²) < 4.78 is 1.69. The molecule has 1 fully saturated rings. The standard InChI is InChI=1S/C11H8N2OS3/c1-6-2-3-7-8(4-6)17-10(12-7)13-9(14)5-16-11(13)15/h2-4H,5H2,1H3. The molecule has 0 atom stereocenters. The van der Waals surface area contributed by atoms with Gasteiger partial charge < -0.3 is 0 Å². The van der Waals surface area contributed by atoms with E-state index in [4.69, 9.17) is 12.2 Å². The van der Waals surface area contributed by atoms with E-state index in [9.17, 15) is 4.79 Å². The van der Waals surface area contributed by atoms with Crippen LogP contribution >= 0.6 is 35.3 Å². The highest BCUT2D eigenvalue weighted by Crippen LogP contribution is 2.33. The minimum Gasteiger partial charge on any atom is -0.273 e. The van der Waals surface area contributed by atoms with Gasteiger partial charge in [-0.1, -0.05) is 41.4 Å². The van der Waals surface area contributed by atoms with Crippen molar-refractivity contribution < 1.29 is 4.79 Å².